The molecule has 0 amide bonds. The molecular weight excluding hydrogens is 236 g/mol. The summed E-state index contributed by atoms with van der Waals surface area (Å²) in [7, 11) is 1.97. The van der Waals surface area contributed by atoms with Crippen LogP contribution in [0.25, 0.3) is 5.82 Å². The average molecular weight is 258 g/mol. The average Bonchev–Trinajstić information content (AvgIpc) is 2.77. The van der Waals surface area contributed by atoms with Crippen molar-refractivity contribution in [1.29, 1.82) is 0 Å². The van der Waals surface area contributed by atoms with Crippen LogP contribution in [0.15, 0.2) is 18.3 Å². The maximum absolute atomic E-state index is 4.74. The lowest BCUT2D eigenvalue weighted by atomic mass is 10.1. The molecule has 0 aliphatic carbocycles. The molecule has 1 N–H and O–H groups in total. The van der Waals surface area contributed by atoms with E-state index in [-0.39, 0.29) is 0 Å². The summed E-state index contributed by atoms with van der Waals surface area (Å²) >= 11 is 0. The van der Waals surface area contributed by atoms with E-state index in [1.807, 2.05) is 24.0 Å². The third-order valence-electron chi connectivity index (χ3n) is 3.31. The number of rotatable bonds is 5. The highest BCUT2D eigenvalue weighted by Crippen LogP contribution is 2.19. The van der Waals surface area contributed by atoms with Crippen molar-refractivity contribution in [3.05, 3.63) is 40.8 Å². The van der Waals surface area contributed by atoms with Crippen LogP contribution < -0.4 is 5.32 Å². The number of nitrogens with zero attached hydrogens (tertiary/aromatic N) is 3. The minimum atomic E-state index is 0.859. The van der Waals surface area contributed by atoms with Gasteiger partial charge in [-0.05, 0) is 44.5 Å². The molecule has 0 radical (unpaired) electrons. The Morgan fingerprint density at radius 2 is 2.05 bits per heavy atom. The lowest BCUT2D eigenvalue weighted by molar-refractivity contribution is 0.763. The minimum Gasteiger partial charge on any atom is -0.316 e. The topological polar surface area (TPSA) is 42.7 Å². The van der Waals surface area contributed by atoms with Gasteiger partial charge in [0, 0.05) is 18.3 Å². The Bertz CT molecular complexity index is 557. The second kappa shape index (κ2) is 5.97. The predicted octanol–water partition coefficient (Wildman–Crippen LogP) is 2.42. The van der Waals surface area contributed by atoms with Crippen molar-refractivity contribution in [3.63, 3.8) is 0 Å². The fraction of sp³-hybridized carbons (Fsp3) is 0.467. The fourth-order valence-electron chi connectivity index (χ4n) is 2.39. The zero-order chi connectivity index (χ0) is 13.8. The molecule has 0 saturated carbocycles. The van der Waals surface area contributed by atoms with Gasteiger partial charge >= 0.3 is 0 Å². The Kier molecular flexibility index (Phi) is 4.32. The molecular formula is C15H22N4. The van der Waals surface area contributed by atoms with Crippen LogP contribution >= 0.6 is 0 Å². The second-order valence-corrected chi connectivity index (χ2v) is 4.71. The highest BCUT2D eigenvalue weighted by molar-refractivity contribution is 5.35. The Morgan fingerprint density at radius 3 is 2.63 bits per heavy atom. The van der Waals surface area contributed by atoms with E-state index in [0.717, 1.165) is 30.9 Å². The molecule has 0 unspecified atom stereocenters. The lowest BCUT2D eigenvalue weighted by Crippen LogP contribution is -2.10. The summed E-state index contributed by atoms with van der Waals surface area (Å²) in [6, 6.07) is 4.09. The van der Waals surface area contributed by atoms with Crippen molar-refractivity contribution in [3.8, 4) is 5.82 Å². The first-order valence-electron chi connectivity index (χ1n) is 6.88. The van der Waals surface area contributed by atoms with E-state index in [1.165, 1.54) is 16.8 Å². The van der Waals surface area contributed by atoms with Crippen molar-refractivity contribution in [2.45, 2.75) is 40.2 Å². The van der Waals surface area contributed by atoms with E-state index in [1.54, 1.807) is 0 Å². The second-order valence-electron chi connectivity index (χ2n) is 4.71. The van der Waals surface area contributed by atoms with Crippen molar-refractivity contribution in [1.82, 2.24) is 20.1 Å². The Balaban J connectivity index is 2.56. The van der Waals surface area contributed by atoms with Crippen LogP contribution in [0.1, 0.15) is 36.4 Å². The number of nitrogens with one attached hydrogen (secondary N) is 1. The molecule has 0 aromatic carbocycles. The van der Waals surface area contributed by atoms with E-state index < -0.39 is 0 Å². The van der Waals surface area contributed by atoms with Gasteiger partial charge in [-0.1, -0.05) is 13.8 Å². The molecule has 4 heteroatoms. The molecule has 19 heavy (non-hydrogen) atoms. The standard InChI is InChI=1S/C15H22N4/c1-5-13-12(10-16-4)14(6-2)19(18-13)15-9-11(3)7-8-17-15/h7-9,16H,5-6,10H2,1-4H3. The van der Waals surface area contributed by atoms with Crippen LogP contribution in [0.4, 0.5) is 0 Å². The van der Waals surface area contributed by atoms with E-state index in [0.29, 0.717) is 0 Å². The van der Waals surface area contributed by atoms with Gasteiger partial charge in [0.25, 0.3) is 0 Å². The van der Waals surface area contributed by atoms with Gasteiger partial charge in [0.05, 0.1) is 11.4 Å². The summed E-state index contributed by atoms with van der Waals surface area (Å²) in [6.45, 7) is 7.25. The number of pyridine rings is 1. The Labute approximate surface area is 114 Å². The zero-order valence-corrected chi connectivity index (χ0v) is 12.2. The van der Waals surface area contributed by atoms with E-state index in [4.69, 9.17) is 5.10 Å². The van der Waals surface area contributed by atoms with Gasteiger partial charge in [-0.3, -0.25) is 0 Å². The number of hydrogen-bond donors (Lipinski definition) is 1. The van der Waals surface area contributed by atoms with Crippen LogP contribution in [-0.2, 0) is 19.4 Å². The van der Waals surface area contributed by atoms with Crippen molar-refractivity contribution in [2.75, 3.05) is 7.05 Å². The third kappa shape index (κ3) is 2.68. The first-order chi connectivity index (χ1) is 9.21. The molecule has 2 heterocycles. The van der Waals surface area contributed by atoms with Gasteiger partial charge in [0.15, 0.2) is 5.82 Å². The minimum absolute atomic E-state index is 0.859. The van der Waals surface area contributed by atoms with Crippen LogP contribution in [0.3, 0.4) is 0 Å². The maximum Gasteiger partial charge on any atom is 0.153 e. The molecule has 2 aromatic rings. The monoisotopic (exact) mass is 258 g/mol. The first-order valence-corrected chi connectivity index (χ1v) is 6.88. The first kappa shape index (κ1) is 13.7. The van der Waals surface area contributed by atoms with Crippen molar-refractivity contribution < 1.29 is 0 Å². The maximum atomic E-state index is 4.74. The highest BCUT2D eigenvalue weighted by atomic mass is 15.3. The molecule has 0 saturated heterocycles. The predicted molar refractivity (Wildman–Crippen MR) is 77.6 cm³/mol. The van der Waals surface area contributed by atoms with Crippen LogP contribution in [0.2, 0.25) is 0 Å². The summed E-state index contributed by atoms with van der Waals surface area (Å²) in [6.07, 6.45) is 3.75. The quantitative estimate of drug-likeness (QED) is 0.895. The number of aromatic nitrogens is 3. The molecule has 0 atom stereocenters. The molecule has 4 nitrogen and oxygen atoms in total. The van der Waals surface area contributed by atoms with Crippen LogP contribution in [0, 0.1) is 6.92 Å². The van der Waals surface area contributed by atoms with Gasteiger partial charge in [-0.25, -0.2) is 9.67 Å². The summed E-state index contributed by atoms with van der Waals surface area (Å²) in [5.74, 6) is 0.911. The molecule has 0 bridgehead atoms. The van der Waals surface area contributed by atoms with Crippen LogP contribution in [-0.4, -0.2) is 21.8 Å². The normalized spacial score (nSPS) is 10.9. The summed E-state index contributed by atoms with van der Waals surface area (Å²) in [4.78, 5) is 4.45. The summed E-state index contributed by atoms with van der Waals surface area (Å²) in [5, 5.41) is 7.98. The molecule has 2 rings (SSSR count). The van der Waals surface area contributed by atoms with Gasteiger partial charge < -0.3 is 5.32 Å². The zero-order valence-electron chi connectivity index (χ0n) is 12.2. The summed E-state index contributed by atoms with van der Waals surface area (Å²) in [5.41, 5.74) is 4.94. The summed E-state index contributed by atoms with van der Waals surface area (Å²) < 4.78 is 2.00. The molecule has 2 aromatic heterocycles. The Hall–Kier alpha value is -1.68. The van der Waals surface area contributed by atoms with E-state index >= 15 is 0 Å². The van der Waals surface area contributed by atoms with Crippen molar-refractivity contribution >= 4 is 0 Å². The molecule has 102 valence electrons. The largest absolute Gasteiger partial charge is 0.316 e. The SMILES string of the molecule is CCc1nn(-c2cc(C)ccn2)c(CC)c1CNC. The van der Waals surface area contributed by atoms with Gasteiger partial charge in [0.2, 0.25) is 0 Å². The van der Waals surface area contributed by atoms with Crippen LogP contribution in [0.5, 0.6) is 0 Å². The van der Waals surface area contributed by atoms with E-state index in [2.05, 4.69) is 37.1 Å². The molecule has 0 fully saturated rings. The van der Waals surface area contributed by atoms with Gasteiger partial charge in [0.1, 0.15) is 0 Å². The smallest absolute Gasteiger partial charge is 0.153 e. The molecule has 0 spiro atoms. The van der Waals surface area contributed by atoms with E-state index in [9.17, 15) is 0 Å². The highest BCUT2D eigenvalue weighted by Gasteiger charge is 2.16. The van der Waals surface area contributed by atoms with Gasteiger partial charge in [-0.15, -0.1) is 0 Å². The molecule has 0 aliphatic rings. The van der Waals surface area contributed by atoms with Gasteiger partial charge in [-0.2, -0.15) is 5.10 Å². The van der Waals surface area contributed by atoms with Crippen molar-refractivity contribution in [2.24, 2.45) is 0 Å². The number of aryl methyl sites for hydroxylation is 2. The lowest BCUT2D eigenvalue weighted by Gasteiger charge is -2.07. The number of hydrogen-bond acceptors (Lipinski definition) is 3. The third-order valence-corrected chi connectivity index (χ3v) is 3.31. The molecule has 0 aliphatic heterocycles. The Morgan fingerprint density at radius 1 is 1.26 bits per heavy atom. The fourth-order valence-corrected chi connectivity index (χ4v) is 2.39.